The normalized spacial score (nSPS) is 12.0. The third-order valence-corrected chi connectivity index (χ3v) is 3.67. The van der Waals surface area contributed by atoms with Crippen LogP contribution in [-0.4, -0.2) is 23.8 Å². The summed E-state index contributed by atoms with van der Waals surface area (Å²) >= 11 is 0. The number of carbonyl (C=O) groups excluding carboxylic acids is 1. The third-order valence-electron chi connectivity index (χ3n) is 3.67. The van der Waals surface area contributed by atoms with Crippen LogP contribution in [0, 0.1) is 0 Å². The summed E-state index contributed by atoms with van der Waals surface area (Å²) in [6.07, 6.45) is 0.414. The summed E-state index contributed by atoms with van der Waals surface area (Å²) in [6, 6.07) is 14.6. The maximum Gasteiger partial charge on any atom is 0.408 e. The van der Waals surface area contributed by atoms with Crippen LogP contribution >= 0.6 is 0 Å². The number of amides is 1. The molecule has 0 unspecified atom stereocenters. The number of fused-ring (bicyclic) bond motifs is 1. The maximum atomic E-state index is 11.9. The first-order valence-corrected chi connectivity index (χ1v) is 8.38. The Morgan fingerprint density at radius 2 is 1.67 bits per heavy atom. The van der Waals surface area contributed by atoms with Gasteiger partial charge in [-0.15, -0.1) is 0 Å². The molecule has 4 heteroatoms. The molecular formula is C20H28N2O2. The lowest BCUT2D eigenvalue weighted by Crippen LogP contribution is -2.46. The van der Waals surface area contributed by atoms with E-state index in [4.69, 9.17) is 4.74 Å². The molecule has 2 rings (SSSR count). The third kappa shape index (κ3) is 5.76. The van der Waals surface area contributed by atoms with Crippen LogP contribution in [0.3, 0.4) is 0 Å². The van der Waals surface area contributed by atoms with E-state index in [1.54, 1.807) is 0 Å². The van der Waals surface area contributed by atoms with Gasteiger partial charge in [-0.25, -0.2) is 4.79 Å². The molecule has 2 aromatic carbocycles. The Labute approximate surface area is 144 Å². The molecule has 0 aliphatic heterocycles. The summed E-state index contributed by atoms with van der Waals surface area (Å²) in [5.74, 6) is 0. The fourth-order valence-corrected chi connectivity index (χ4v) is 2.46. The highest BCUT2D eigenvalue weighted by atomic mass is 16.6. The van der Waals surface area contributed by atoms with Crippen LogP contribution in [0.5, 0.6) is 0 Å². The Bertz CT molecular complexity index is 702. The van der Waals surface area contributed by atoms with Crippen molar-refractivity contribution in [2.45, 2.75) is 52.2 Å². The van der Waals surface area contributed by atoms with Crippen molar-refractivity contribution in [2.75, 3.05) is 11.9 Å². The number of alkyl carbamates (subject to hydrolysis) is 1. The van der Waals surface area contributed by atoms with E-state index < -0.39 is 5.60 Å². The summed E-state index contributed by atoms with van der Waals surface area (Å²) in [4.78, 5) is 11.9. The predicted octanol–water partition coefficient (Wildman–Crippen LogP) is 4.95. The first-order valence-electron chi connectivity index (χ1n) is 8.38. The van der Waals surface area contributed by atoms with Crippen LogP contribution < -0.4 is 10.6 Å². The molecule has 130 valence electrons. The summed E-state index contributed by atoms with van der Waals surface area (Å²) in [5.41, 5.74) is 0.261. The van der Waals surface area contributed by atoms with E-state index in [-0.39, 0.29) is 11.6 Å². The van der Waals surface area contributed by atoms with E-state index in [2.05, 4.69) is 41.0 Å². The molecule has 0 atom stereocenters. The minimum atomic E-state index is -0.483. The van der Waals surface area contributed by atoms with E-state index in [1.165, 1.54) is 10.8 Å². The zero-order valence-corrected chi connectivity index (χ0v) is 15.3. The Morgan fingerprint density at radius 1 is 1.00 bits per heavy atom. The van der Waals surface area contributed by atoms with Gasteiger partial charge in [0.15, 0.2) is 0 Å². The Balaban J connectivity index is 1.86. The number of ether oxygens (including phenoxy) is 1. The molecule has 0 bridgehead atoms. The minimum Gasteiger partial charge on any atom is -0.444 e. The molecule has 0 fully saturated rings. The highest BCUT2D eigenvalue weighted by Crippen LogP contribution is 2.19. The average Bonchev–Trinajstić information content (AvgIpc) is 2.44. The van der Waals surface area contributed by atoms with Crippen LogP contribution in [0.2, 0.25) is 0 Å². The number of benzene rings is 2. The lowest BCUT2D eigenvalue weighted by Gasteiger charge is -2.28. The van der Waals surface area contributed by atoms with Crippen molar-refractivity contribution in [3.63, 3.8) is 0 Å². The summed E-state index contributed by atoms with van der Waals surface area (Å²) in [7, 11) is 0. The number of nitrogens with one attached hydrogen (secondary N) is 2. The van der Waals surface area contributed by atoms with E-state index in [9.17, 15) is 4.79 Å². The van der Waals surface area contributed by atoms with Gasteiger partial charge in [-0.1, -0.05) is 30.3 Å². The van der Waals surface area contributed by atoms with Crippen molar-refractivity contribution < 1.29 is 9.53 Å². The summed E-state index contributed by atoms with van der Waals surface area (Å²) < 4.78 is 5.32. The van der Waals surface area contributed by atoms with Gasteiger partial charge in [0.25, 0.3) is 0 Å². The van der Waals surface area contributed by atoms with Gasteiger partial charge < -0.3 is 15.4 Å². The maximum absolute atomic E-state index is 11.9. The number of rotatable bonds is 5. The second kappa shape index (κ2) is 7.12. The van der Waals surface area contributed by atoms with Crippen LogP contribution in [0.25, 0.3) is 10.8 Å². The van der Waals surface area contributed by atoms with E-state index in [0.717, 1.165) is 18.7 Å². The fraction of sp³-hybridized carbons (Fsp3) is 0.450. The molecule has 0 aliphatic rings. The zero-order chi connectivity index (χ0) is 17.8. The highest BCUT2D eigenvalue weighted by molar-refractivity contribution is 5.85. The van der Waals surface area contributed by atoms with Gasteiger partial charge in [0, 0.05) is 17.8 Å². The summed E-state index contributed by atoms with van der Waals surface area (Å²) in [5, 5.41) is 8.80. The minimum absolute atomic E-state index is 0.341. The summed E-state index contributed by atoms with van der Waals surface area (Å²) in [6.45, 7) is 10.3. The van der Waals surface area contributed by atoms with Gasteiger partial charge in [-0.05, 0) is 63.9 Å². The van der Waals surface area contributed by atoms with Crippen LogP contribution in [-0.2, 0) is 4.74 Å². The molecule has 0 heterocycles. The molecule has 4 nitrogen and oxygen atoms in total. The molecule has 2 N–H and O–H groups in total. The lowest BCUT2D eigenvalue weighted by atomic mass is 10.0. The van der Waals surface area contributed by atoms with Gasteiger partial charge in [-0.2, -0.15) is 0 Å². The monoisotopic (exact) mass is 328 g/mol. The molecule has 0 spiro atoms. The van der Waals surface area contributed by atoms with Gasteiger partial charge in [0.1, 0.15) is 5.60 Å². The highest BCUT2D eigenvalue weighted by Gasteiger charge is 2.24. The molecule has 0 radical (unpaired) electrons. The first kappa shape index (κ1) is 18.1. The number of anilines is 1. The molecule has 2 aromatic rings. The SMILES string of the molecule is CC(C)(CCNc1ccc2ccccc2c1)NC(=O)OC(C)(C)C. The lowest BCUT2D eigenvalue weighted by molar-refractivity contribution is 0.0470. The van der Waals surface area contributed by atoms with Crippen LogP contribution in [0.1, 0.15) is 41.0 Å². The second-order valence-corrected chi connectivity index (χ2v) is 7.75. The Hall–Kier alpha value is -2.23. The molecule has 0 saturated carbocycles. The van der Waals surface area contributed by atoms with Crippen molar-refractivity contribution in [2.24, 2.45) is 0 Å². The largest absolute Gasteiger partial charge is 0.444 e. The molecule has 1 amide bonds. The molecule has 24 heavy (non-hydrogen) atoms. The van der Waals surface area contributed by atoms with Crippen molar-refractivity contribution in [1.29, 1.82) is 0 Å². The van der Waals surface area contributed by atoms with Crippen LogP contribution in [0.4, 0.5) is 10.5 Å². The topological polar surface area (TPSA) is 50.4 Å². The van der Waals surface area contributed by atoms with Crippen molar-refractivity contribution in [1.82, 2.24) is 5.32 Å². The van der Waals surface area contributed by atoms with Crippen LogP contribution in [0.15, 0.2) is 42.5 Å². The predicted molar refractivity (Wildman–Crippen MR) is 101 cm³/mol. The standard InChI is InChI=1S/C20H28N2O2/c1-19(2,3)24-18(23)22-20(4,5)12-13-21-17-11-10-15-8-6-7-9-16(15)14-17/h6-11,14,21H,12-13H2,1-5H3,(H,22,23). The quantitative estimate of drug-likeness (QED) is 0.817. The van der Waals surface area contributed by atoms with Crippen molar-refractivity contribution >= 4 is 22.6 Å². The number of carbonyl (C=O) groups is 1. The second-order valence-electron chi connectivity index (χ2n) is 7.75. The van der Waals surface area contributed by atoms with E-state index >= 15 is 0 Å². The fourth-order valence-electron chi connectivity index (χ4n) is 2.46. The molecule has 0 aliphatic carbocycles. The Morgan fingerprint density at radius 3 is 2.33 bits per heavy atom. The van der Waals surface area contributed by atoms with Gasteiger partial charge in [0.05, 0.1) is 0 Å². The smallest absolute Gasteiger partial charge is 0.408 e. The molecule has 0 aromatic heterocycles. The van der Waals surface area contributed by atoms with Gasteiger partial charge in [0.2, 0.25) is 0 Å². The number of hydrogen-bond donors (Lipinski definition) is 2. The number of hydrogen-bond acceptors (Lipinski definition) is 3. The van der Waals surface area contributed by atoms with Crippen molar-refractivity contribution in [3.8, 4) is 0 Å². The zero-order valence-electron chi connectivity index (χ0n) is 15.3. The van der Waals surface area contributed by atoms with E-state index in [1.807, 2.05) is 46.8 Å². The van der Waals surface area contributed by atoms with Crippen molar-refractivity contribution in [3.05, 3.63) is 42.5 Å². The molecule has 0 saturated heterocycles. The average molecular weight is 328 g/mol. The first-order chi connectivity index (χ1) is 11.1. The molecular weight excluding hydrogens is 300 g/mol. The van der Waals surface area contributed by atoms with Gasteiger partial charge in [-0.3, -0.25) is 0 Å². The van der Waals surface area contributed by atoms with E-state index in [0.29, 0.717) is 0 Å². The Kier molecular flexibility index (Phi) is 5.37. The van der Waals surface area contributed by atoms with Gasteiger partial charge >= 0.3 is 6.09 Å².